The Balaban J connectivity index is 2.92. The highest BCUT2D eigenvalue weighted by molar-refractivity contribution is 5.19. The maximum absolute atomic E-state index is 4.41. The first-order chi connectivity index (χ1) is 5.65. The third-order valence-electron chi connectivity index (χ3n) is 1.85. The second-order valence-corrected chi connectivity index (χ2v) is 3.40. The number of aromatic nitrogens is 2. The Morgan fingerprint density at radius 3 is 2.75 bits per heavy atom. The van der Waals surface area contributed by atoms with Crippen LogP contribution in [-0.2, 0) is 13.6 Å². The Morgan fingerprint density at radius 1 is 1.58 bits per heavy atom. The summed E-state index contributed by atoms with van der Waals surface area (Å²) in [6, 6.07) is 0. The van der Waals surface area contributed by atoms with Gasteiger partial charge in [0.2, 0.25) is 0 Å². The Bertz CT molecular complexity index is 250. The van der Waals surface area contributed by atoms with Crippen LogP contribution in [0.1, 0.15) is 31.0 Å². The number of rotatable bonds is 3. The summed E-state index contributed by atoms with van der Waals surface area (Å²) < 4.78 is 1.88. The second-order valence-electron chi connectivity index (χ2n) is 3.40. The number of nitrogens with one attached hydrogen (secondary N) is 1. The van der Waals surface area contributed by atoms with Crippen LogP contribution in [0.3, 0.4) is 0 Å². The molecule has 12 heavy (non-hydrogen) atoms. The van der Waals surface area contributed by atoms with Gasteiger partial charge in [-0.05, 0) is 13.0 Å². The van der Waals surface area contributed by atoms with Crippen LogP contribution >= 0.6 is 0 Å². The van der Waals surface area contributed by atoms with E-state index in [-0.39, 0.29) is 0 Å². The Hall–Kier alpha value is -0.830. The third kappa shape index (κ3) is 1.85. The molecule has 0 unspecified atom stereocenters. The number of aryl methyl sites for hydroxylation is 1. The monoisotopic (exact) mass is 167 g/mol. The topological polar surface area (TPSA) is 29.9 Å². The van der Waals surface area contributed by atoms with Crippen molar-refractivity contribution >= 4 is 0 Å². The second kappa shape index (κ2) is 3.72. The van der Waals surface area contributed by atoms with E-state index in [4.69, 9.17) is 0 Å². The van der Waals surface area contributed by atoms with E-state index in [2.05, 4.69) is 30.5 Å². The van der Waals surface area contributed by atoms with E-state index >= 15 is 0 Å². The van der Waals surface area contributed by atoms with Gasteiger partial charge in [-0.15, -0.1) is 0 Å². The molecule has 0 saturated heterocycles. The molecule has 1 N–H and O–H groups in total. The van der Waals surface area contributed by atoms with Crippen molar-refractivity contribution in [3.05, 3.63) is 17.5 Å². The van der Waals surface area contributed by atoms with E-state index in [0.29, 0.717) is 5.92 Å². The van der Waals surface area contributed by atoms with Gasteiger partial charge in [0.25, 0.3) is 0 Å². The van der Waals surface area contributed by atoms with Gasteiger partial charge >= 0.3 is 0 Å². The van der Waals surface area contributed by atoms with Crippen molar-refractivity contribution in [1.82, 2.24) is 15.1 Å². The molecule has 1 heterocycles. The van der Waals surface area contributed by atoms with Crippen LogP contribution in [0.15, 0.2) is 6.20 Å². The summed E-state index contributed by atoms with van der Waals surface area (Å²) in [4.78, 5) is 0. The minimum absolute atomic E-state index is 0.509. The standard InChI is InChI=1S/C9H17N3/c1-7(2)9-8(5-10-3)6-12(4)11-9/h6-7,10H,5H2,1-4H3. The molecule has 1 rings (SSSR count). The molecule has 1 aromatic rings. The highest BCUT2D eigenvalue weighted by Crippen LogP contribution is 2.16. The lowest BCUT2D eigenvalue weighted by Crippen LogP contribution is -2.06. The highest BCUT2D eigenvalue weighted by atomic mass is 15.3. The molecule has 3 heteroatoms. The molecule has 0 aliphatic heterocycles. The lowest BCUT2D eigenvalue weighted by molar-refractivity contribution is 0.709. The van der Waals surface area contributed by atoms with E-state index < -0.39 is 0 Å². The predicted molar refractivity (Wildman–Crippen MR) is 50.1 cm³/mol. The van der Waals surface area contributed by atoms with Crippen molar-refractivity contribution in [2.75, 3.05) is 7.05 Å². The van der Waals surface area contributed by atoms with Crippen molar-refractivity contribution in [2.45, 2.75) is 26.3 Å². The average molecular weight is 167 g/mol. The van der Waals surface area contributed by atoms with Gasteiger partial charge in [-0.25, -0.2) is 0 Å². The van der Waals surface area contributed by atoms with Crippen molar-refractivity contribution in [1.29, 1.82) is 0 Å². The summed E-state index contributed by atoms with van der Waals surface area (Å²) in [6.45, 7) is 5.24. The molecular formula is C9H17N3. The summed E-state index contributed by atoms with van der Waals surface area (Å²) in [5.41, 5.74) is 2.50. The van der Waals surface area contributed by atoms with Crippen LogP contribution in [0.5, 0.6) is 0 Å². The first-order valence-electron chi connectivity index (χ1n) is 4.32. The fourth-order valence-corrected chi connectivity index (χ4v) is 1.37. The maximum Gasteiger partial charge on any atom is 0.0694 e. The predicted octanol–water partition coefficient (Wildman–Crippen LogP) is 1.26. The van der Waals surface area contributed by atoms with Gasteiger partial charge in [-0.1, -0.05) is 13.8 Å². The van der Waals surface area contributed by atoms with Gasteiger partial charge in [-0.3, -0.25) is 4.68 Å². The van der Waals surface area contributed by atoms with Crippen LogP contribution in [0.4, 0.5) is 0 Å². The van der Waals surface area contributed by atoms with Crippen molar-refractivity contribution in [3.8, 4) is 0 Å². The number of hydrogen-bond acceptors (Lipinski definition) is 2. The zero-order valence-corrected chi connectivity index (χ0v) is 8.26. The third-order valence-corrected chi connectivity index (χ3v) is 1.85. The number of nitrogens with zero attached hydrogens (tertiary/aromatic N) is 2. The largest absolute Gasteiger partial charge is 0.316 e. The van der Waals surface area contributed by atoms with Crippen molar-refractivity contribution in [3.63, 3.8) is 0 Å². The molecule has 0 amide bonds. The van der Waals surface area contributed by atoms with E-state index in [1.807, 2.05) is 18.8 Å². The first kappa shape index (κ1) is 9.26. The molecule has 0 saturated carbocycles. The highest BCUT2D eigenvalue weighted by Gasteiger charge is 2.09. The van der Waals surface area contributed by atoms with E-state index in [9.17, 15) is 0 Å². The Kier molecular flexibility index (Phi) is 2.87. The average Bonchev–Trinajstić information content (AvgIpc) is 2.32. The summed E-state index contributed by atoms with van der Waals surface area (Å²) in [5.74, 6) is 0.509. The van der Waals surface area contributed by atoms with Gasteiger partial charge in [0.1, 0.15) is 0 Å². The van der Waals surface area contributed by atoms with Crippen molar-refractivity contribution in [2.24, 2.45) is 7.05 Å². The smallest absolute Gasteiger partial charge is 0.0694 e. The molecule has 0 bridgehead atoms. The Morgan fingerprint density at radius 2 is 2.25 bits per heavy atom. The molecular weight excluding hydrogens is 150 g/mol. The fraction of sp³-hybridized carbons (Fsp3) is 0.667. The van der Waals surface area contributed by atoms with Gasteiger partial charge < -0.3 is 5.32 Å². The Labute approximate surface area is 73.8 Å². The number of hydrogen-bond donors (Lipinski definition) is 1. The molecule has 0 spiro atoms. The van der Waals surface area contributed by atoms with Gasteiger partial charge in [-0.2, -0.15) is 5.10 Å². The van der Waals surface area contributed by atoms with Crippen LogP contribution < -0.4 is 5.32 Å². The van der Waals surface area contributed by atoms with Crippen LogP contribution in [-0.4, -0.2) is 16.8 Å². The quantitative estimate of drug-likeness (QED) is 0.734. The molecule has 0 fully saturated rings. The lowest BCUT2D eigenvalue weighted by Gasteiger charge is -2.03. The minimum atomic E-state index is 0.509. The summed E-state index contributed by atoms with van der Waals surface area (Å²) >= 11 is 0. The SMILES string of the molecule is CNCc1cn(C)nc1C(C)C. The molecule has 0 radical (unpaired) electrons. The van der Waals surface area contributed by atoms with Gasteiger partial charge in [0, 0.05) is 25.4 Å². The molecule has 1 aromatic heterocycles. The first-order valence-corrected chi connectivity index (χ1v) is 4.32. The molecule has 0 atom stereocenters. The minimum Gasteiger partial charge on any atom is -0.316 e. The maximum atomic E-state index is 4.41. The van der Waals surface area contributed by atoms with Gasteiger partial charge in [0.05, 0.1) is 5.69 Å². The van der Waals surface area contributed by atoms with E-state index in [1.54, 1.807) is 0 Å². The zero-order chi connectivity index (χ0) is 9.14. The van der Waals surface area contributed by atoms with E-state index in [1.165, 1.54) is 11.3 Å². The summed E-state index contributed by atoms with van der Waals surface area (Å²) in [5, 5.41) is 7.54. The van der Waals surface area contributed by atoms with Gasteiger partial charge in [0.15, 0.2) is 0 Å². The molecule has 68 valence electrons. The molecule has 0 aliphatic rings. The molecule has 3 nitrogen and oxygen atoms in total. The zero-order valence-electron chi connectivity index (χ0n) is 8.26. The molecule has 0 aliphatic carbocycles. The fourth-order valence-electron chi connectivity index (χ4n) is 1.37. The summed E-state index contributed by atoms with van der Waals surface area (Å²) in [7, 11) is 3.92. The lowest BCUT2D eigenvalue weighted by atomic mass is 10.1. The van der Waals surface area contributed by atoms with Crippen LogP contribution in [0, 0.1) is 0 Å². The van der Waals surface area contributed by atoms with Crippen LogP contribution in [0.2, 0.25) is 0 Å². The van der Waals surface area contributed by atoms with Crippen LogP contribution in [0.25, 0.3) is 0 Å². The van der Waals surface area contributed by atoms with E-state index in [0.717, 1.165) is 6.54 Å². The molecule has 0 aromatic carbocycles. The normalized spacial score (nSPS) is 11.1. The summed E-state index contributed by atoms with van der Waals surface area (Å²) in [6.07, 6.45) is 2.08. The van der Waals surface area contributed by atoms with Crippen molar-refractivity contribution < 1.29 is 0 Å².